The predicted molar refractivity (Wildman–Crippen MR) is 122 cm³/mol. The fourth-order valence-corrected chi connectivity index (χ4v) is 3.94. The number of pyridine rings is 1. The SMILES string of the molecule is Cc1ccc(-c2noc(C3C[C@@H]3F)n2)cc1NC(=O)c1cnn2ccc(-c3cnn(C(F)F)c3)cc12. The molecule has 1 aromatic carbocycles. The number of alkyl halides is 3. The number of aromatic nitrogens is 6. The molecule has 2 atom stereocenters. The molecule has 0 saturated heterocycles. The van der Waals surface area contributed by atoms with Crippen molar-refractivity contribution >= 4 is 17.1 Å². The average molecular weight is 493 g/mol. The van der Waals surface area contributed by atoms with Gasteiger partial charge in [0.2, 0.25) is 11.7 Å². The lowest BCUT2D eigenvalue weighted by Gasteiger charge is -2.09. The van der Waals surface area contributed by atoms with Crippen LogP contribution in [-0.4, -0.2) is 41.6 Å². The van der Waals surface area contributed by atoms with Crippen LogP contribution in [0.3, 0.4) is 0 Å². The van der Waals surface area contributed by atoms with Gasteiger partial charge < -0.3 is 9.84 Å². The van der Waals surface area contributed by atoms with Crippen LogP contribution in [0.1, 0.15) is 40.7 Å². The molecule has 1 saturated carbocycles. The zero-order chi connectivity index (χ0) is 25.0. The Morgan fingerprint density at radius 1 is 1.14 bits per heavy atom. The fraction of sp³-hybridized carbons (Fsp3) is 0.208. The Kier molecular flexibility index (Phi) is 5.09. The maximum Gasteiger partial charge on any atom is 0.333 e. The molecule has 1 amide bonds. The molecule has 0 aliphatic heterocycles. The third-order valence-electron chi connectivity index (χ3n) is 6.12. The van der Waals surface area contributed by atoms with Crippen LogP contribution < -0.4 is 5.32 Å². The van der Waals surface area contributed by atoms with Crippen molar-refractivity contribution < 1.29 is 22.5 Å². The molecule has 1 aliphatic rings. The van der Waals surface area contributed by atoms with Gasteiger partial charge in [-0.2, -0.15) is 24.0 Å². The second-order valence-corrected chi connectivity index (χ2v) is 8.59. The number of carbonyl (C=O) groups excluding carboxylic acids is 1. The van der Waals surface area contributed by atoms with Crippen molar-refractivity contribution in [1.29, 1.82) is 0 Å². The average Bonchev–Trinajstić information content (AvgIpc) is 3.32. The van der Waals surface area contributed by atoms with Gasteiger partial charge in [-0.3, -0.25) is 4.79 Å². The molecule has 9 nitrogen and oxygen atoms in total. The van der Waals surface area contributed by atoms with Gasteiger partial charge in [0.05, 0.1) is 29.4 Å². The van der Waals surface area contributed by atoms with Crippen LogP contribution in [-0.2, 0) is 0 Å². The summed E-state index contributed by atoms with van der Waals surface area (Å²) in [6.07, 6.45) is 5.09. The van der Waals surface area contributed by atoms with E-state index in [0.717, 1.165) is 5.56 Å². The summed E-state index contributed by atoms with van der Waals surface area (Å²) in [5.41, 5.74) is 3.84. The highest BCUT2D eigenvalue weighted by Gasteiger charge is 2.43. The number of halogens is 3. The first kappa shape index (κ1) is 22.0. The number of anilines is 1. The number of aryl methyl sites for hydroxylation is 1. The van der Waals surface area contributed by atoms with Crippen molar-refractivity contribution in [2.24, 2.45) is 0 Å². The first-order chi connectivity index (χ1) is 17.4. The normalized spacial score (nSPS) is 17.1. The van der Waals surface area contributed by atoms with Crippen LogP contribution >= 0.6 is 0 Å². The lowest BCUT2D eigenvalue weighted by Crippen LogP contribution is -2.12. The Morgan fingerprint density at radius 2 is 1.97 bits per heavy atom. The first-order valence-electron chi connectivity index (χ1n) is 11.1. The standard InChI is InChI=1S/C24H18F3N7O2/c1-12-2-3-14(21-31-23(36-32-21)16-8-18(16)25)6-19(12)30-22(35)17-10-29-33-5-4-13(7-20(17)33)15-9-28-34(11-15)24(26)27/h2-7,9-11,16,18,24H,8H2,1H3,(H,30,35)/t16?,18-/m0/s1. The number of rotatable bonds is 6. The Morgan fingerprint density at radius 3 is 2.72 bits per heavy atom. The van der Waals surface area contributed by atoms with Crippen LogP contribution in [0.4, 0.5) is 18.9 Å². The Labute approximate surface area is 201 Å². The molecule has 12 heteroatoms. The van der Waals surface area contributed by atoms with Crippen molar-refractivity contribution in [2.75, 3.05) is 5.32 Å². The van der Waals surface area contributed by atoms with Gasteiger partial charge in [-0.25, -0.2) is 13.6 Å². The topological polar surface area (TPSA) is 103 Å². The molecular weight excluding hydrogens is 475 g/mol. The maximum atomic E-state index is 13.3. The maximum absolute atomic E-state index is 13.3. The van der Waals surface area contributed by atoms with E-state index in [4.69, 9.17) is 4.52 Å². The van der Waals surface area contributed by atoms with Crippen LogP contribution in [0.2, 0.25) is 0 Å². The summed E-state index contributed by atoms with van der Waals surface area (Å²) in [5.74, 6) is -0.173. The fourth-order valence-electron chi connectivity index (χ4n) is 3.94. The summed E-state index contributed by atoms with van der Waals surface area (Å²) in [6.45, 7) is -0.903. The minimum Gasteiger partial charge on any atom is -0.339 e. The Balaban J connectivity index is 1.28. The lowest BCUT2D eigenvalue weighted by atomic mass is 10.1. The summed E-state index contributed by atoms with van der Waals surface area (Å²) in [4.78, 5) is 17.5. The van der Waals surface area contributed by atoms with Crippen molar-refractivity contribution in [3.05, 3.63) is 72.1 Å². The molecule has 4 heterocycles. The molecule has 1 aliphatic carbocycles. The number of benzene rings is 1. The van der Waals surface area contributed by atoms with Crippen molar-refractivity contribution in [3.8, 4) is 22.5 Å². The summed E-state index contributed by atoms with van der Waals surface area (Å²) >= 11 is 0. The minimum absolute atomic E-state index is 0.268. The van der Waals surface area contributed by atoms with Gasteiger partial charge in [0.1, 0.15) is 6.17 Å². The zero-order valence-electron chi connectivity index (χ0n) is 18.8. The molecule has 0 spiro atoms. The number of hydrogen-bond acceptors (Lipinski definition) is 6. The molecule has 1 N–H and O–H groups in total. The second kappa shape index (κ2) is 8.33. The molecule has 1 unspecified atom stereocenters. The van der Waals surface area contributed by atoms with Gasteiger partial charge in [0, 0.05) is 29.2 Å². The van der Waals surface area contributed by atoms with E-state index in [9.17, 15) is 18.0 Å². The summed E-state index contributed by atoms with van der Waals surface area (Å²) in [5, 5.41) is 14.7. The van der Waals surface area contributed by atoms with E-state index >= 15 is 0 Å². The molecule has 182 valence electrons. The minimum atomic E-state index is -2.74. The third-order valence-corrected chi connectivity index (χ3v) is 6.12. The number of amides is 1. The molecular formula is C24H18F3N7O2. The Bertz CT molecular complexity index is 1610. The molecule has 0 bridgehead atoms. The molecule has 6 rings (SSSR count). The number of carbonyl (C=O) groups is 1. The third kappa shape index (κ3) is 3.89. The largest absolute Gasteiger partial charge is 0.339 e. The van der Waals surface area contributed by atoms with E-state index < -0.39 is 18.6 Å². The zero-order valence-corrected chi connectivity index (χ0v) is 18.8. The lowest BCUT2D eigenvalue weighted by molar-refractivity contribution is 0.0566. The van der Waals surface area contributed by atoms with Crippen LogP contribution in [0.25, 0.3) is 28.0 Å². The van der Waals surface area contributed by atoms with Crippen LogP contribution in [0, 0.1) is 6.92 Å². The number of nitrogens with zero attached hydrogens (tertiary/aromatic N) is 6. The molecule has 0 radical (unpaired) electrons. The van der Waals surface area contributed by atoms with Gasteiger partial charge in [-0.1, -0.05) is 17.3 Å². The smallest absolute Gasteiger partial charge is 0.333 e. The highest BCUT2D eigenvalue weighted by Crippen LogP contribution is 2.43. The first-order valence-corrected chi connectivity index (χ1v) is 11.1. The van der Waals surface area contributed by atoms with Crippen LogP contribution in [0.5, 0.6) is 0 Å². The number of nitrogens with one attached hydrogen (secondary N) is 1. The van der Waals surface area contributed by atoms with Gasteiger partial charge in [-0.05, 0) is 42.7 Å². The highest BCUT2D eigenvalue weighted by molar-refractivity contribution is 6.09. The molecule has 4 aromatic heterocycles. The van der Waals surface area contributed by atoms with Crippen molar-refractivity contribution in [2.45, 2.75) is 32.0 Å². The van der Waals surface area contributed by atoms with E-state index in [1.165, 1.54) is 23.1 Å². The van der Waals surface area contributed by atoms with E-state index in [0.29, 0.717) is 50.4 Å². The number of fused-ring (bicyclic) bond motifs is 1. The van der Waals surface area contributed by atoms with Gasteiger partial charge in [0.25, 0.3) is 5.91 Å². The van der Waals surface area contributed by atoms with Crippen molar-refractivity contribution in [1.82, 2.24) is 29.5 Å². The molecule has 1 fully saturated rings. The van der Waals surface area contributed by atoms with E-state index in [1.807, 2.05) is 13.0 Å². The van der Waals surface area contributed by atoms with Gasteiger partial charge in [0.15, 0.2) is 0 Å². The van der Waals surface area contributed by atoms with E-state index in [2.05, 4.69) is 25.7 Å². The highest BCUT2D eigenvalue weighted by atomic mass is 19.3. The second-order valence-electron chi connectivity index (χ2n) is 8.59. The van der Waals surface area contributed by atoms with Crippen molar-refractivity contribution in [3.63, 3.8) is 0 Å². The summed E-state index contributed by atoms with van der Waals surface area (Å²) < 4.78 is 46.4. The molecule has 5 aromatic rings. The van der Waals surface area contributed by atoms with Crippen LogP contribution in [0.15, 0.2) is 59.6 Å². The van der Waals surface area contributed by atoms with Gasteiger partial charge >= 0.3 is 6.55 Å². The predicted octanol–water partition coefficient (Wildman–Crippen LogP) is 5.03. The monoisotopic (exact) mass is 493 g/mol. The molecule has 36 heavy (non-hydrogen) atoms. The quantitative estimate of drug-likeness (QED) is 0.356. The number of hydrogen-bond donors (Lipinski definition) is 1. The van der Waals surface area contributed by atoms with E-state index in [1.54, 1.807) is 30.5 Å². The Hall–Kier alpha value is -4.48. The summed E-state index contributed by atoms with van der Waals surface area (Å²) in [6, 6.07) is 8.71. The van der Waals surface area contributed by atoms with E-state index in [-0.39, 0.29) is 11.8 Å². The van der Waals surface area contributed by atoms with Gasteiger partial charge in [-0.15, -0.1) is 0 Å². The summed E-state index contributed by atoms with van der Waals surface area (Å²) in [7, 11) is 0.